The summed E-state index contributed by atoms with van der Waals surface area (Å²) in [5, 5.41) is 13.6. The summed E-state index contributed by atoms with van der Waals surface area (Å²) in [6.45, 7) is 3.76. The molecule has 2 aromatic heterocycles. The maximum atomic E-state index is 13.3. The summed E-state index contributed by atoms with van der Waals surface area (Å²) in [4.78, 5) is 17.9. The number of morpholine rings is 1. The molecule has 12 heteroatoms. The number of carbonyl (C=O) groups is 1. The smallest absolute Gasteiger partial charge is 0.379 e. The summed E-state index contributed by atoms with van der Waals surface area (Å²) >= 11 is 0. The van der Waals surface area contributed by atoms with Crippen LogP contribution in [-0.4, -0.2) is 68.5 Å². The molecule has 1 amide bonds. The van der Waals surface area contributed by atoms with Gasteiger partial charge in [0, 0.05) is 44.0 Å². The van der Waals surface area contributed by atoms with E-state index >= 15 is 0 Å². The van der Waals surface area contributed by atoms with Gasteiger partial charge in [-0.05, 0) is 22.9 Å². The number of aryl methyl sites for hydroxylation is 1. The SMILES string of the molecule is O=C(CCCn1nnnc1CN1CCOCC1)N[C@@H](c1cccnc1)C(F)(F)F. The monoisotopic (exact) mass is 413 g/mol. The Morgan fingerprint density at radius 1 is 1.31 bits per heavy atom. The van der Waals surface area contributed by atoms with E-state index in [0.717, 1.165) is 19.3 Å². The standard InChI is InChI=1S/C17H22F3N7O2/c18-17(19,20)16(13-3-1-5-21-11-13)22-15(28)4-2-6-27-14(23-24-25-27)12-26-7-9-29-10-8-26/h1,3,5,11,16H,2,4,6-10,12H2,(H,22,28)/t16-/m0/s1. The predicted molar refractivity (Wildman–Crippen MR) is 94.3 cm³/mol. The quantitative estimate of drug-likeness (QED) is 0.692. The lowest BCUT2D eigenvalue weighted by Gasteiger charge is -2.25. The van der Waals surface area contributed by atoms with Crippen LogP contribution in [0.4, 0.5) is 13.2 Å². The number of aromatic nitrogens is 5. The van der Waals surface area contributed by atoms with Crippen LogP contribution in [0.3, 0.4) is 0 Å². The number of hydrogen-bond acceptors (Lipinski definition) is 7. The molecule has 0 spiro atoms. The Morgan fingerprint density at radius 2 is 2.10 bits per heavy atom. The highest BCUT2D eigenvalue weighted by Gasteiger charge is 2.41. The summed E-state index contributed by atoms with van der Waals surface area (Å²) < 4.78 is 46.8. The zero-order valence-electron chi connectivity index (χ0n) is 15.7. The van der Waals surface area contributed by atoms with Crippen molar-refractivity contribution in [1.82, 2.24) is 35.4 Å². The van der Waals surface area contributed by atoms with E-state index in [1.165, 1.54) is 18.3 Å². The largest absolute Gasteiger partial charge is 0.412 e. The van der Waals surface area contributed by atoms with Gasteiger partial charge in [0.05, 0.1) is 19.8 Å². The van der Waals surface area contributed by atoms with Crippen molar-refractivity contribution in [2.45, 2.75) is 38.1 Å². The molecule has 1 aliphatic heterocycles. The Kier molecular flexibility index (Phi) is 7.09. The van der Waals surface area contributed by atoms with Crippen molar-refractivity contribution < 1.29 is 22.7 Å². The number of amides is 1. The van der Waals surface area contributed by atoms with Gasteiger partial charge in [-0.1, -0.05) is 6.07 Å². The lowest BCUT2D eigenvalue weighted by molar-refractivity contribution is -0.163. The normalized spacial score (nSPS) is 16.5. The van der Waals surface area contributed by atoms with Gasteiger partial charge in [0.25, 0.3) is 0 Å². The number of carbonyl (C=O) groups excluding carboxylic acids is 1. The van der Waals surface area contributed by atoms with Crippen molar-refractivity contribution in [1.29, 1.82) is 0 Å². The molecule has 0 aliphatic carbocycles. The number of nitrogens with one attached hydrogen (secondary N) is 1. The highest BCUT2D eigenvalue weighted by atomic mass is 19.4. The van der Waals surface area contributed by atoms with Crippen molar-refractivity contribution in [3.8, 4) is 0 Å². The van der Waals surface area contributed by atoms with Crippen molar-refractivity contribution >= 4 is 5.91 Å². The lowest BCUT2D eigenvalue weighted by atomic mass is 10.1. The van der Waals surface area contributed by atoms with Crippen LogP contribution in [0.15, 0.2) is 24.5 Å². The number of halogens is 3. The fourth-order valence-corrected chi connectivity index (χ4v) is 2.99. The van der Waals surface area contributed by atoms with Crippen LogP contribution < -0.4 is 5.32 Å². The number of ether oxygens (including phenoxy) is 1. The summed E-state index contributed by atoms with van der Waals surface area (Å²) in [5.74, 6) is -0.0465. The van der Waals surface area contributed by atoms with E-state index in [-0.39, 0.29) is 12.0 Å². The van der Waals surface area contributed by atoms with Crippen LogP contribution >= 0.6 is 0 Å². The van der Waals surface area contributed by atoms with Gasteiger partial charge in [0.15, 0.2) is 11.9 Å². The Balaban J connectivity index is 1.50. The second-order valence-electron chi connectivity index (χ2n) is 6.64. The molecule has 158 valence electrons. The highest BCUT2D eigenvalue weighted by molar-refractivity contribution is 5.76. The first-order valence-corrected chi connectivity index (χ1v) is 9.24. The zero-order chi connectivity index (χ0) is 20.7. The molecule has 0 aromatic carbocycles. The highest BCUT2D eigenvalue weighted by Crippen LogP contribution is 2.32. The predicted octanol–water partition coefficient (Wildman–Crippen LogP) is 1.10. The third kappa shape index (κ3) is 6.19. The number of pyridine rings is 1. The molecule has 1 N–H and O–H groups in total. The van der Waals surface area contributed by atoms with Gasteiger partial charge in [-0.15, -0.1) is 5.10 Å². The molecule has 1 aliphatic rings. The Labute approximate surface area is 165 Å². The second-order valence-corrected chi connectivity index (χ2v) is 6.64. The molecule has 0 bridgehead atoms. The van der Waals surface area contributed by atoms with Crippen LogP contribution in [0, 0.1) is 0 Å². The molecule has 1 saturated heterocycles. The number of nitrogens with zero attached hydrogens (tertiary/aromatic N) is 6. The third-order valence-electron chi connectivity index (χ3n) is 4.50. The fraction of sp³-hybridized carbons (Fsp3) is 0.588. The lowest BCUT2D eigenvalue weighted by Crippen LogP contribution is -2.38. The molecular weight excluding hydrogens is 391 g/mol. The Bertz CT molecular complexity index is 779. The van der Waals surface area contributed by atoms with Gasteiger partial charge in [-0.3, -0.25) is 14.7 Å². The third-order valence-corrected chi connectivity index (χ3v) is 4.50. The molecule has 0 saturated carbocycles. The van der Waals surface area contributed by atoms with Gasteiger partial charge in [0.2, 0.25) is 5.91 Å². The molecule has 1 atom stereocenters. The molecule has 1 fully saturated rings. The van der Waals surface area contributed by atoms with Gasteiger partial charge >= 0.3 is 6.18 Å². The average molecular weight is 413 g/mol. The van der Waals surface area contributed by atoms with E-state index in [9.17, 15) is 18.0 Å². The minimum Gasteiger partial charge on any atom is -0.379 e. The molecule has 0 unspecified atom stereocenters. The minimum atomic E-state index is -4.61. The molecule has 3 rings (SSSR count). The van der Waals surface area contributed by atoms with E-state index in [1.807, 2.05) is 5.32 Å². The van der Waals surface area contributed by atoms with Gasteiger partial charge in [-0.2, -0.15) is 13.2 Å². The summed E-state index contributed by atoms with van der Waals surface area (Å²) in [7, 11) is 0. The van der Waals surface area contributed by atoms with E-state index in [4.69, 9.17) is 4.74 Å². The van der Waals surface area contributed by atoms with E-state index in [2.05, 4.69) is 25.4 Å². The van der Waals surface area contributed by atoms with Gasteiger partial charge in [0.1, 0.15) is 0 Å². The Hall–Kier alpha value is -2.60. The number of tetrazole rings is 1. The van der Waals surface area contributed by atoms with Crippen molar-refractivity contribution in [3.05, 3.63) is 35.9 Å². The Morgan fingerprint density at radius 3 is 2.79 bits per heavy atom. The fourth-order valence-electron chi connectivity index (χ4n) is 2.99. The number of rotatable bonds is 8. The minimum absolute atomic E-state index is 0.0797. The van der Waals surface area contributed by atoms with Crippen LogP contribution in [0.25, 0.3) is 0 Å². The number of hydrogen-bond donors (Lipinski definition) is 1. The first-order valence-electron chi connectivity index (χ1n) is 9.24. The van der Waals surface area contributed by atoms with Crippen molar-refractivity contribution in [2.24, 2.45) is 0 Å². The first-order chi connectivity index (χ1) is 13.9. The second kappa shape index (κ2) is 9.74. The topological polar surface area (TPSA) is 98.1 Å². The van der Waals surface area contributed by atoms with E-state index in [1.54, 1.807) is 4.68 Å². The average Bonchev–Trinajstić information content (AvgIpc) is 3.13. The van der Waals surface area contributed by atoms with Crippen LogP contribution in [0.2, 0.25) is 0 Å². The zero-order valence-corrected chi connectivity index (χ0v) is 15.7. The maximum Gasteiger partial charge on any atom is 0.412 e. The van der Waals surface area contributed by atoms with Crippen molar-refractivity contribution in [2.75, 3.05) is 26.3 Å². The van der Waals surface area contributed by atoms with Gasteiger partial charge < -0.3 is 10.1 Å². The van der Waals surface area contributed by atoms with Crippen LogP contribution in [-0.2, 0) is 22.6 Å². The first kappa shape index (κ1) is 21.1. The molecule has 2 aromatic rings. The number of alkyl halides is 3. The summed E-state index contributed by atoms with van der Waals surface area (Å²) in [6.07, 6.45) is -1.91. The maximum absolute atomic E-state index is 13.3. The van der Waals surface area contributed by atoms with Gasteiger partial charge in [-0.25, -0.2) is 4.68 Å². The molecule has 3 heterocycles. The summed E-state index contributed by atoms with van der Waals surface area (Å²) in [6, 6.07) is 0.590. The molecule has 9 nitrogen and oxygen atoms in total. The molecule has 29 heavy (non-hydrogen) atoms. The van der Waals surface area contributed by atoms with Crippen LogP contribution in [0.5, 0.6) is 0 Å². The molecular formula is C17H22F3N7O2. The molecule has 0 radical (unpaired) electrons. The summed E-state index contributed by atoms with van der Waals surface area (Å²) in [5.41, 5.74) is -0.110. The van der Waals surface area contributed by atoms with Crippen molar-refractivity contribution in [3.63, 3.8) is 0 Å². The van der Waals surface area contributed by atoms with E-state index in [0.29, 0.717) is 38.5 Å². The van der Waals surface area contributed by atoms with E-state index < -0.39 is 18.1 Å². The van der Waals surface area contributed by atoms with Crippen LogP contribution in [0.1, 0.15) is 30.3 Å².